The molecule has 18 heavy (non-hydrogen) atoms. The Balaban J connectivity index is 1.72. The second-order valence-electron chi connectivity index (χ2n) is 7.63. The molecular weight excluding hydrogens is 240 g/mol. The molecule has 3 saturated carbocycles. The predicted octanol–water partition coefficient (Wildman–Crippen LogP) is 3.21. The first-order valence-corrected chi connectivity index (χ1v) is 10.8. The first-order valence-electron chi connectivity index (χ1n) is 7.38. The van der Waals surface area contributed by atoms with Crippen molar-refractivity contribution in [3.8, 4) is 0 Å². The van der Waals surface area contributed by atoms with Gasteiger partial charge >= 0.3 is 0 Å². The predicted molar refractivity (Wildman–Crippen MR) is 73.9 cm³/mol. The molecule has 0 saturated heterocycles. The van der Waals surface area contributed by atoms with Gasteiger partial charge in [-0.05, 0) is 44.8 Å². The molecule has 4 aliphatic rings. The topological polar surface area (TPSA) is 18.5 Å². The standard InChI is InChI=1S/C15H24O2Si/c1-16-15-11-5-7-12(15)14(15)10(9-11)6-8-13(14)17-18(2,3)4/h5,7,10-13H,6,8-9H2,1-4H3/t10-,11-,12+,13+,14-,15-/m0/s1. The van der Waals surface area contributed by atoms with Crippen molar-refractivity contribution in [1.29, 1.82) is 0 Å². The van der Waals surface area contributed by atoms with Crippen LogP contribution in [-0.4, -0.2) is 27.1 Å². The number of hydrogen-bond donors (Lipinski definition) is 0. The summed E-state index contributed by atoms with van der Waals surface area (Å²) in [5.74, 6) is 2.18. The lowest BCUT2D eigenvalue weighted by Gasteiger charge is -2.31. The van der Waals surface area contributed by atoms with E-state index in [-0.39, 0.29) is 5.60 Å². The Labute approximate surface area is 111 Å². The summed E-state index contributed by atoms with van der Waals surface area (Å²) in [4.78, 5) is 0. The van der Waals surface area contributed by atoms with E-state index in [1.165, 1.54) is 19.3 Å². The first-order chi connectivity index (χ1) is 8.47. The van der Waals surface area contributed by atoms with Gasteiger partial charge in [-0.2, -0.15) is 0 Å². The first kappa shape index (κ1) is 11.7. The fourth-order valence-corrected chi connectivity index (χ4v) is 6.98. The van der Waals surface area contributed by atoms with E-state index in [1.807, 2.05) is 7.11 Å². The maximum absolute atomic E-state index is 6.56. The zero-order valence-corrected chi connectivity index (χ0v) is 12.9. The van der Waals surface area contributed by atoms with Gasteiger partial charge in [0.25, 0.3) is 0 Å². The van der Waals surface area contributed by atoms with Gasteiger partial charge in [0.05, 0.1) is 11.7 Å². The molecular formula is C15H24O2Si. The lowest BCUT2D eigenvalue weighted by Crippen LogP contribution is -2.39. The van der Waals surface area contributed by atoms with E-state index in [0.717, 1.165) is 5.92 Å². The molecule has 0 aliphatic heterocycles. The Morgan fingerprint density at radius 2 is 1.94 bits per heavy atom. The summed E-state index contributed by atoms with van der Waals surface area (Å²) in [6, 6.07) is 0. The molecule has 0 radical (unpaired) electrons. The molecule has 1 spiro atoms. The van der Waals surface area contributed by atoms with Crippen molar-refractivity contribution < 1.29 is 9.16 Å². The molecule has 3 heteroatoms. The van der Waals surface area contributed by atoms with Gasteiger partial charge in [0.15, 0.2) is 8.32 Å². The summed E-state index contributed by atoms with van der Waals surface area (Å²) < 4.78 is 12.6. The number of rotatable bonds is 3. The van der Waals surface area contributed by atoms with Crippen LogP contribution < -0.4 is 0 Å². The van der Waals surface area contributed by atoms with Crippen LogP contribution in [-0.2, 0) is 9.16 Å². The van der Waals surface area contributed by atoms with E-state index in [1.54, 1.807) is 0 Å². The molecule has 4 rings (SSSR count). The van der Waals surface area contributed by atoms with Gasteiger partial charge in [0, 0.05) is 24.4 Å². The van der Waals surface area contributed by atoms with Crippen molar-refractivity contribution in [2.24, 2.45) is 23.2 Å². The molecule has 0 N–H and O–H groups in total. The fourth-order valence-electron chi connectivity index (χ4n) is 5.82. The summed E-state index contributed by atoms with van der Waals surface area (Å²) in [7, 11) is 0.469. The van der Waals surface area contributed by atoms with Gasteiger partial charge in [0.1, 0.15) is 0 Å². The molecule has 0 aromatic heterocycles. The summed E-state index contributed by atoms with van der Waals surface area (Å²) in [6.07, 6.45) is 9.29. The van der Waals surface area contributed by atoms with Crippen LogP contribution in [0.25, 0.3) is 0 Å². The molecule has 4 aliphatic carbocycles. The van der Waals surface area contributed by atoms with Crippen molar-refractivity contribution in [3.63, 3.8) is 0 Å². The molecule has 0 bridgehead atoms. The minimum absolute atomic E-state index is 0.137. The molecule has 100 valence electrons. The summed E-state index contributed by atoms with van der Waals surface area (Å²) in [5.41, 5.74) is 0.500. The van der Waals surface area contributed by atoms with Crippen LogP contribution in [0.1, 0.15) is 19.3 Å². The minimum Gasteiger partial charge on any atom is -0.414 e. The van der Waals surface area contributed by atoms with Crippen LogP contribution in [0.15, 0.2) is 12.2 Å². The van der Waals surface area contributed by atoms with E-state index < -0.39 is 8.32 Å². The Hall–Kier alpha value is -0.123. The highest BCUT2D eigenvalue weighted by Gasteiger charge is 2.90. The molecule has 6 atom stereocenters. The molecule has 0 unspecified atom stereocenters. The van der Waals surface area contributed by atoms with E-state index in [0.29, 0.717) is 23.4 Å². The Morgan fingerprint density at radius 1 is 1.17 bits per heavy atom. The highest BCUT2D eigenvalue weighted by molar-refractivity contribution is 6.69. The van der Waals surface area contributed by atoms with Crippen molar-refractivity contribution in [3.05, 3.63) is 12.2 Å². The third kappa shape index (κ3) is 1.01. The molecule has 2 nitrogen and oxygen atoms in total. The van der Waals surface area contributed by atoms with Crippen LogP contribution >= 0.6 is 0 Å². The van der Waals surface area contributed by atoms with Crippen molar-refractivity contribution >= 4 is 8.32 Å². The van der Waals surface area contributed by atoms with Crippen LogP contribution in [0.4, 0.5) is 0 Å². The Bertz CT molecular complexity index is 427. The average Bonchev–Trinajstić information content (AvgIpc) is 2.51. The number of methoxy groups -OCH3 is 1. The maximum atomic E-state index is 6.56. The second kappa shape index (κ2) is 3.13. The van der Waals surface area contributed by atoms with E-state index >= 15 is 0 Å². The molecule has 0 aromatic carbocycles. The van der Waals surface area contributed by atoms with Gasteiger partial charge in [-0.25, -0.2) is 0 Å². The van der Waals surface area contributed by atoms with Crippen LogP contribution in [0.3, 0.4) is 0 Å². The minimum atomic E-state index is -1.46. The smallest absolute Gasteiger partial charge is 0.184 e. The van der Waals surface area contributed by atoms with Crippen LogP contribution in [0.2, 0.25) is 19.6 Å². The lowest BCUT2D eigenvalue weighted by molar-refractivity contribution is 0.00100. The maximum Gasteiger partial charge on any atom is 0.184 e. The van der Waals surface area contributed by atoms with Gasteiger partial charge in [-0.15, -0.1) is 0 Å². The monoisotopic (exact) mass is 264 g/mol. The van der Waals surface area contributed by atoms with Crippen molar-refractivity contribution in [1.82, 2.24) is 0 Å². The Kier molecular flexibility index (Phi) is 2.03. The summed E-state index contributed by atoms with van der Waals surface area (Å²) >= 11 is 0. The van der Waals surface area contributed by atoms with Crippen molar-refractivity contribution in [2.75, 3.05) is 7.11 Å². The number of hydrogen-bond acceptors (Lipinski definition) is 2. The quantitative estimate of drug-likeness (QED) is 0.575. The normalized spacial score (nSPS) is 55.8. The van der Waals surface area contributed by atoms with Gasteiger partial charge in [-0.3, -0.25) is 0 Å². The molecule has 0 aromatic rings. The van der Waals surface area contributed by atoms with E-state index in [2.05, 4.69) is 31.8 Å². The van der Waals surface area contributed by atoms with Crippen LogP contribution in [0, 0.1) is 23.2 Å². The summed E-state index contributed by atoms with van der Waals surface area (Å²) in [6.45, 7) is 6.95. The lowest BCUT2D eigenvalue weighted by atomic mass is 9.90. The average molecular weight is 264 g/mol. The van der Waals surface area contributed by atoms with E-state index in [9.17, 15) is 0 Å². The third-order valence-electron chi connectivity index (χ3n) is 6.01. The second-order valence-corrected chi connectivity index (χ2v) is 12.1. The summed E-state index contributed by atoms with van der Waals surface area (Å²) in [5, 5.41) is 0. The van der Waals surface area contributed by atoms with Crippen molar-refractivity contribution in [2.45, 2.75) is 50.6 Å². The van der Waals surface area contributed by atoms with Crippen LogP contribution in [0.5, 0.6) is 0 Å². The fraction of sp³-hybridized carbons (Fsp3) is 0.867. The third-order valence-corrected chi connectivity index (χ3v) is 7.01. The Morgan fingerprint density at radius 3 is 2.56 bits per heavy atom. The molecule has 3 fully saturated rings. The van der Waals surface area contributed by atoms with Gasteiger partial charge in [-0.1, -0.05) is 12.2 Å². The molecule has 0 heterocycles. The van der Waals surface area contributed by atoms with Gasteiger partial charge < -0.3 is 9.16 Å². The highest BCUT2D eigenvalue weighted by Crippen LogP contribution is 2.85. The van der Waals surface area contributed by atoms with E-state index in [4.69, 9.17) is 9.16 Å². The molecule has 0 amide bonds. The zero-order valence-electron chi connectivity index (χ0n) is 11.9. The number of ether oxygens (including phenoxy) is 1. The van der Waals surface area contributed by atoms with Gasteiger partial charge in [0.2, 0.25) is 0 Å². The zero-order chi connectivity index (χ0) is 12.8. The SMILES string of the molecule is CO[C@@]12[C@H]3C=C[C@@H]1[C@]21[C@@H](CC[C@H]1O[Si](C)(C)C)C3. The largest absolute Gasteiger partial charge is 0.414 e. The highest BCUT2D eigenvalue weighted by atomic mass is 28.4.